The van der Waals surface area contributed by atoms with Crippen LogP contribution in [-0.2, 0) is 30.4 Å². The molecule has 0 bridgehead atoms. The number of rotatable bonds is 13. The first kappa shape index (κ1) is 28.6. The van der Waals surface area contributed by atoms with Crippen molar-refractivity contribution in [3.05, 3.63) is 72.3 Å². The third kappa shape index (κ3) is 9.15. The summed E-state index contributed by atoms with van der Waals surface area (Å²) in [6.07, 6.45) is -0.411. The number of carbonyl (C=O) groups excluding carboxylic acids is 4. The molecule has 11 heteroatoms. The Morgan fingerprint density at radius 3 is 2.21 bits per heavy atom. The second kappa shape index (κ2) is 14.1. The first-order valence-electron chi connectivity index (χ1n) is 12.2. The van der Waals surface area contributed by atoms with Gasteiger partial charge in [-0.15, -0.1) is 0 Å². The van der Waals surface area contributed by atoms with Crippen molar-refractivity contribution in [3.63, 3.8) is 0 Å². The van der Waals surface area contributed by atoms with Crippen LogP contribution in [0, 0.1) is 0 Å². The summed E-state index contributed by atoms with van der Waals surface area (Å²) in [7, 11) is 1.54. The van der Waals surface area contributed by atoms with E-state index in [9.17, 15) is 24.0 Å². The molecule has 0 fully saturated rings. The first-order chi connectivity index (χ1) is 18.7. The molecule has 0 aliphatic rings. The van der Waals surface area contributed by atoms with Crippen LogP contribution in [-0.4, -0.2) is 60.9 Å². The molecule has 11 nitrogen and oxygen atoms in total. The minimum absolute atomic E-state index is 0.205. The van der Waals surface area contributed by atoms with Gasteiger partial charge in [-0.3, -0.25) is 24.0 Å². The van der Waals surface area contributed by atoms with E-state index in [0.717, 1.165) is 16.3 Å². The van der Waals surface area contributed by atoms with Crippen LogP contribution in [0.2, 0.25) is 0 Å². The van der Waals surface area contributed by atoms with Crippen molar-refractivity contribution in [2.75, 3.05) is 25.5 Å². The fourth-order valence-corrected chi connectivity index (χ4v) is 3.78. The van der Waals surface area contributed by atoms with Gasteiger partial charge in [-0.2, -0.15) is 0 Å². The first-order valence-corrected chi connectivity index (χ1v) is 12.2. The molecule has 204 valence electrons. The van der Waals surface area contributed by atoms with Gasteiger partial charge in [-0.25, -0.2) is 0 Å². The van der Waals surface area contributed by atoms with Crippen molar-refractivity contribution in [1.29, 1.82) is 0 Å². The van der Waals surface area contributed by atoms with E-state index in [1.54, 1.807) is 13.2 Å². The highest BCUT2D eigenvalue weighted by molar-refractivity contribution is 6.01. The topological polar surface area (TPSA) is 163 Å². The highest BCUT2D eigenvalue weighted by atomic mass is 16.5. The molecule has 3 rings (SSSR count). The molecule has 1 atom stereocenters. The molecular weight excluding hydrogens is 504 g/mol. The number of ether oxygens (including phenoxy) is 1. The van der Waals surface area contributed by atoms with Gasteiger partial charge in [0.1, 0.15) is 11.8 Å². The Hall–Kier alpha value is -4.93. The SMILES string of the molecule is COc1cc(NC(=O)[C@H](Cc2ccccc2)NC(=O)CNC(=O)CNC(=O)CCC(=O)O)cc2ccccc12. The predicted octanol–water partition coefficient (Wildman–Crippen LogP) is 1.61. The summed E-state index contributed by atoms with van der Waals surface area (Å²) >= 11 is 0. The zero-order valence-corrected chi connectivity index (χ0v) is 21.4. The lowest BCUT2D eigenvalue weighted by Gasteiger charge is -2.19. The predicted molar refractivity (Wildman–Crippen MR) is 144 cm³/mol. The molecule has 0 unspecified atom stereocenters. The number of fused-ring (bicyclic) bond motifs is 1. The van der Waals surface area contributed by atoms with Gasteiger partial charge in [-0.05, 0) is 17.0 Å². The highest BCUT2D eigenvalue weighted by Gasteiger charge is 2.22. The summed E-state index contributed by atoms with van der Waals surface area (Å²) in [6, 6.07) is 19.3. The molecule has 0 aromatic heterocycles. The highest BCUT2D eigenvalue weighted by Crippen LogP contribution is 2.29. The van der Waals surface area contributed by atoms with E-state index in [2.05, 4.69) is 21.3 Å². The Labute approximate surface area is 224 Å². The van der Waals surface area contributed by atoms with Gasteiger partial charge in [0.15, 0.2) is 0 Å². The number of carbonyl (C=O) groups is 5. The fourth-order valence-electron chi connectivity index (χ4n) is 3.78. The molecule has 0 heterocycles. The Morgan fingerprint density at radius 1 is 0.821 bits per heavy atom. The molecular formula is C28H30N4O7. The van der Waals surface area contributed by atoms with Crippen LogP contribution in [0.3, 0.4) is 0 Å². The Morgan fingerprint density at radius 2 is 1.49 bits per heavy atom. The van der Waals surface area contributed by atoms with E-state index in [0.29, 0.717) is 11.4 Å². The fraction of sp³-hybridized carbons (Fsp3) is 0.250. The number of benzene rings is 3. The van der Waals surface area contributed by atoms with Crippen LogP contribution in [0.5, 0.6) is 5.75 Å². The second-order valence-corrected chi connectivity index (χ2v) is 8.65. The van der Waals surface area contributed by atoms with Gasteiger partial charge >= 0.3 is 5.97 Å². The van der Waals surface area contributed by atoms with Crippen molar-refractivity contribution in [3.8, 4) is 5.75 Å². The Bertz CT molecular complexity index is 1340. The molecule has 3 aromatic carbocycles. The molecule has 0 saturated carbocycles. The monoisotopic (exact) mass is 534 g/mol. The minimum atomic E-state index is -1.12. The van der Waals surface area contributed by atoms with E-state index < -0.39 is 48.7 Å². The van der Waals surface area contributed by atoms with E-state index >= 15 is 0 Å². The molecule has 0 saturated heterocycles. The molecule has 39 heavy (non-hydrogen) atoms. The lowest BCUT2D eigenvalue weighted by molar-refractivity contribution is -0.138. The minimum Gasteiger partial charge on any atom is -0.496 e. The van der Waals surface area contributed by atoms with Crippen LogP contribution in [0.4, 0.5) is 5.69 Å². The Balaban J connectivity index is 1.62. The third-order valence-electron chi connectivity index (χ3n) is 5.70. The maximum Gasteiger partial charge on any atom is 0.303 e. The van der Waals surface area contributed by atoms with Crippen LogP contribution < -0.4 is 26.0 Å². The summed E-state index contributed by atoms with van der Waals surface area (Å²) in [5, 5.41) is 20.5. The van der Waals surface area contributed by atoms with Crippen molar-refractivity contribution in [1.82, 2.24) is 16.0 Å². The van der Waals surface area contributed by atoms with E-state index in [1.165, 1.54) is 0 Å². The number of carboxylic acid groups (broad SMARTS) is 1. The van der Waals surface area contributed by atoms with Gasteiger partial charge in [0.05, 0.1) is 26.6 Å². The van der Waals surface area contributed by atoms with E-state index in [-0.39, 0.29) is 19.3 Å². The van der Waals surface area contributed by atoms with Crippen molar-refractivity contribution in [2.45, 2.75) is 25.3 Å². The van der Waals surface area contributed by atoms with Gasteiger partial charge in [0, 0.05) is 30.0 Å². The summed E-state index contributed by atoms with van der Waals surface area (Å²) in [6.45, 7) is -0.838. The van der Waals surface area contributed by atoms with Crippen LogP contribution in [0.1, 0.15) is 18.4 Å². The lowest BCUT2D eigenvalue weighted by Crippen LogP contribution is -2.49. The molecule has 0 spiro atoms. The molecule has 3 aromatic rings. The van der Waals surface area contributed by atoms with Gasteiger partial charge in [0.2, 0.25) is 23.6 Å². The molecule has 0 aliphatic carbocycles. The molecule has 0 radical (unpaired) electrons. The number of aliphatic carboxylic acids is 1. The average Bonchev–Trinajstić information content (AvgIpc) is 2.93. The maximum absolute atomic E-state index is 13.3. The zero-order chi connectivity index (χ0) is 28.2. The summed E-state index contributed by atoms with van der Waals surface area (Å²) in [4.78, 5) is 60.0. The number of methoxy groups -OCH3 is 1. The summed E-state index contributed by atoms with van der Waals surface area (Å²) in [5.41, 5.74) is 1.32. The standard InChI is InChI=1S/C28H30N4O7/c1-39-23-15-20(14-19-9-5-6-10-21(19)23)31-28(38)22(13-18-7-3-2-4-8-18)32-26(35)17-30-25(34)16-29-24(33)11-12-27(36)37/h2-10,14-15,22H,11-13,16-17H2,1H3,(H,29,33)(H,30,34)(H,31,38)(H,32,35)(H,36,37)/t22-/m0/s1. The number of hydrogen-bond donors (Lipinski definition) is 5. The van der Waals surface area contributed by atoms with E-state index in [1.807, 2.05) is 60.7 Å². The number of nitrogens with one attached hydrogen (secondary N) is 4. The third-order valence-corrected chi connectivity index (χ3v) is 5.70. The van der Waals surface area contributed by atoms with Crippen LogP contribution in [0.15, 0.2) is 66.7 Å². The Kier molecular flexibility index (Phi) is 10.4. The summed E-state index contributed by atoms with van der Waals surface area (Å²) in [5.74, 6) is -2.83. The largest absolute Gasteiger partial charge is 0.496 e. The van der Waals surface area contributed by atoms with Crippen LogP contribution in [0.25, 0.3) is 10.8 Å². The molecule has 0 aliphatic heterocycles. The lowest BCUT2D eigenvalue weighted by atomic mass is 10.0. The number of hydrogen-bond acceptors (Lipinski definition) is 6. The van der Waals surface area contributed by atoms with Crippen molar-refractivity contribution >= 4 is 46.1 Å². The second-order valence-electron chi connectivity index (χ2n) is 8.65. The maximum atomic E-state index is 13.3. The molecule has 4 amide bonds. The van der Waals surface area contributed by atoms with E-state index in [4.69, 9.17) is 9.84 Å². The van der Waals surface area contributed by atoms with Gasteiger partial charge in [-0.1, -0.05) is 54.6 Å². The van der Waals surface area contributed by atoms with Gasteiger partial charge in [0.25, 0.3) is 0 Å². The summed E-state index contributed by atoms with van der Waals surface area (Å²) < 4.78 is 5.47. The van der Waals surface area contributed by atoms with Crippen LogP contribution >= 0.6 is 0 Å². The molecule has 5 N–H and O–H groups in total. The normalized spacial score (nSPS) is 11.2. The van der Waals surface area contributed by atoms with Crippen molar-refractivity contribution < 1.29 is 33.8 Å². The number of anilines is 1. The quantitative estimate of drug-likeness (QED) is 0.222. The average molecular weight is 535 g/mol. The van der Waals surface area contributed by atoms with Crippen molar-refractivity contribution in [2.24, 2.45) is 0 Å². The number of carboxylic acids is 1. The smallest absolute Gasteiger partial charge is 0.303 e. The number of amides is 4. The van der Waals surface area contributed by atoms with Gasteiger partial charge < -0.3 is 31.1 Å². The zero-order valence-electron chi connectivity index (χ0n) is 21.4.